The van der Waals surface area contributed by atoms with Crippen molar-refractivity contribution in [3.63, 3.8) is 0 Å². The van der Waals surface area contributed by atoms with Gasteiger partial charge >= 0.3 is 0 Å². The summed E-state index contributed by atoms with van der Waals surface area (Å²) < 4.78 is 13.1. The van der Waals surface area contributed by atoms with Gasteiger partial charge in [-0.2, -0.15) is 0 Å². The van der Waals surface area contributed by atoms with Gasteiger partial charge in [-0.05, 0) is 23.9 Å². The van der Waals surface area contributed by atoms with Gasteiger partial charge in [0.25, 0.3) is 0 Å². The minimum atomic E-state index is -0.781. The summed E-state index contributed by atoms with van der Waals surface area (Å²) in [6, 6.07) is 1.93. The number of rotatable bonds is 1. The Labute approximate surface area is 99.7 Å². The fourth-order valence-electron chi connectivity index (χ4n) is 1.10. The Hall–Kier alpha value is -0.710. The number of aromatic nitrogens is 2. The maximum Gasteiger partial charge on any atom is 0.197 e. The van der Waals surface area contributed by atoms with Gasteiger partial charge in [-0.1, -0.05) is 23.2 Å². The zero-order valence-electron chi connectivity index (χ0n) is 7.59. The second kappa shape index (κ2) is 4.04. The van der Waals surface area contributed by atoms with Crippen molar-refractivity contribution in [3.8, 4) is 10.7 Å². The average Bonchev–Trinajstić information content (AvgIpc) is 2.60. The van der Waals surface area contributed by atoms with Crippen molar-refractivity contribution in [1.82, 2.24) is 9.97 Å². The number of nitrogens with zero attached hydrogens (tertiary/aromatic N) is 2. The molecule has 0 radical (unpaired) electrons. The Morgan fingerprint density at radius 1 is 1.27 bits per heavy atom. The lowest BCUT2D eigenvalue weighted by molar-refractivity contribution is 0.615. The summed E-state index contributed by atoms with van der Waals surface area (Å²) >= 11 is 12.6. The Bertz CT molecular complexity index is 490. The quantitative estimate of drug-likeness (QED) is 0.728. The molecule has 0 atom stereocenters. The van der Waals surface area contributed by atoms with E-state index in [-0.39, 0.29) is 10.3 Å². The molecule has 6 heteroatoms. The van der Waals surface area contributed by atoms with Crippen molar-refractivity contribution in [3.05, 3.63) is 33.1 Å². The second-order valence-electron chi connectivity index (χ2n) is 2.88. The molecule has 0 aliphatic carbocycles. The van der Waals surface area contributed by atoms with Crippen molar-refractivity contribution in [2.24, 2.45) is 0 Å². The van der Waals surface area contributed by atoms with Crippen LogP contribution in [-0.2, 0) is 0 Å². The molecular weight excluding hydrogens is 258 g/mol. The molecule has 0 aliphatic rings. The Kier molecular flexibility index (Phi) is 2.91. The number of hydrogen-bond donors (Lipinski definition) is 0. The molecule has 0 aromatic carbocycles. The van der Waals surface area contributed by atoms with E-state index in [9.17, 15) is 4.39 Å². The van der Waals surface area contributed by atoms with Crippen LogP contribution in [0, 0.1) is 12.7 Å². The van der Waals surface area contributed by atoms with Crippen LogP contribution in [0.5, 0.6) is 0 Å². The number of hydrogen-bond acceptors (Lipinski definition) is 3. The van der Waals surface area contributed by atoms with Crippen LogP contribution < -0.4 is 0 Å². The Morgan fingerprint density at radius 2 is 1.87 bits per heavy atom. The molecule has 2 heterocycles. The smallest absolute Gasteiger partial charge is 0.197 e. The minimum absolute atomic E-state index is 0.252. The first-order valence-electron chi connectivity index (χ1n) is 4.02. The van der Waals surface area contributed by atoms with E-state index in [1.807, 2.05) is 18.4 Å². The second-order valence-corrected chi connectivity index (χ2v) is 4.51. The molecule has 0 spiro atoms. The van der Waals surface area contributed by atoms with Crippen molar-refractivity contribution < 1.29 is 4.39 Å². The molecule has 0 unspecified atom stereocenters. The molecule has 0 fully saturated rings. The van der Waals surface area contributed by atoms with Crippen molar-refractivity contribution in [2.45, 2.75) is 6.92 Å². The van der Waals surface area contributed by atoms with Gasteiger partial charge in [0.1, 0.15) is 0 Å². The molecule has 2 nitrogen and oxygen atoms in total. The predicted octanol–water partition coefficient (Wildman–Crippen LogP) is 3.96. The maximum atomic E-state index is 13.1. The van der Waals surface area contributed by atoms with Crippen LogP contribution in [0.4, 0.5) is 4.39 Å². The molecular formula is C9H5Cl2FN2S. The largest absolute Gasteiger partial charge is 0.212 e. The molecule has 0 N–H and O–H groups in total. The normalized spacial score (nSPS) is 10.7. The summed E-state index contributed by atoms with van der Waals surface area (Å²) in [4.78, 5) is 8.53. The van der Waals surface area contributed by atoms with E-state index < -0.39 is 5.82 Å². The number of aryl methyl sites for hydroxylation is 1. The van der Waals surface area contributed by atoms with Crippen LogP contribution in [0.3, 0.4) is 0 Å². The molecule has 2 aromatic rings. The molecule has 2 aromatic heterocycles. The topological polar surface area (TPSA) is 25.8 Å². The van der Waals surface area contributed by atoms with E-state index in [4.69, 9.17) is 23.2 Å². The number of thiophene rings is 1. The summed E-state index contributed by atoms with van der Waals surface area (Å²) in [5.74, 6) is -0.421. The molecule has 0 saturated carbocycles. The molecule has 0 bridgehead atoms. The van der Waals surface area contributed by atoms with Gasteiger partial charge in [-0.25, -0.2) is 14.4 Å². The van der Waals surface area contributed by atoms with Crippen LogP contribution >= 0.6 is 34.5 Å². The third-order valence-electron chi connectivity index (χ3n) is 1.84. The first-order chi connectivity index (χ1) is 7.09. The molecule has 0 amide bonds. The summed E-state index contributed by atoms with van der Waals surface area (Å²) in [5.41, 5.74) is 1.01. The Morgan fingerprint density at radius 3 is 2.33 bits per heavy atom. The van der Waals surface area contributed by atoms with Crippen molar-refractivity contribution in [2.75, 3.05) is 0 Å². The molecule has 2 rings (SSSR count). The lowest BCUT2D eigenvalue weighted by atomic mass is 10.3. The zero-order valence-corrected chi connectivity index (χ0v) is 9.92. The molecule has 0 aliphatic heterocycles. The zero-order chi connectivity index (χ0) is 11.0. The molecule has 0 saturated heterocycles. The summed E-state index contributed by atoms with van der Waals surface area (Å²) in [5, 5.41) is 1.40. The highest BCUT2D eigenvalue weighted by atomic mass is 35.5. The van der Waals surface area contributed by atoms with Gasteiger partial charge in [0.2, 0.25) is 0 Å². The predicted molar refractivity (Wildman–Crippen MR) is 60.1 cm³/mol. The van der Waals surface area contributed by atoms with Gasteiger partial charge in [0.05, 0.1) is 4.88 Å². The first kappa shape index (κ1) is 10.8. The first-order valence-corrected chi connectivity index (χ1v) is 5.66. The average molecular weight is 263 g/mol. The van der Waals surface area contributed by atoms with E-state index in [1.54, 1.807) is 0 Å². The van der Waals surface area contributed by atoms with E-state index in [0.29, 0.717) is 5.82 Å². The summed E-state index contributed by atoms with van der Waals surface area (Å²) in [7, 11) is 0. The third kappa shape index (κ3) is 1.97. The van der Waals surface area contributed by atoms with Gasteiger partial charge < -0.3 is 0 Å². The van der Waals surface area contributed by atoms with Gasteiger partial charge in [0.15, 0.2) is 21.9 Å². The summed E-state index contributed by atoms with van der Waals surface area (Å²) in [6.07, 6.45) is 0. The van der Waals surface area contributed by atoms with E-state index in [0.717, 1.165) is 10.4 Å². The van der Waals surface area contributed by atoms with E-state index >= 15 is 0 Å². The standard InChI is InChI=1S/C9H5Cl2FN2S/c1-4-2-3-15-6(4)9-13-7(10)5(12)8(11)14-9/h2-3H,1H3. The van der Waals surface area contributed by atoms with Crippen molar-refractivity contribution in [1.29, 1.82) is 0 Å². The van der Waals surface area contributed by atoms with Crippen LogP contribution in [0.25, 0.3) is 10.7 Å². The van der Waals surface area contributed by atoms with Crippen LogP contribution in [0.2, 0.25) is 10.3 Å². The van der Waals surface area contributed by atoms with Gasteiger partial charge in [-0.15, -0.1) is 11.3 Å². The van der Waals surface area contributed by atoms with Gasteiger partial charge in [0, 0.05) is 0 Å². The highest BCUT2D eigenvalue weighted by Gasteiger charge is 2.14. The fourth-order valence-corrected chi connectivity index (χ4v) is 2.34. The third-order valence-corrected chi connectivity index (χ3v) is 3.35. The fraction of sp³-hybridized carbons (Fsp3) is 0.111. The highest BCUT2D eigenvalue weighted by molar-refractivity contribution is 7.13. The van der Waals surface area contributed by atoms with E-state index in [2.05, 4.69) is 9.97 Å². The molecule has 78 valence electrons. The van der Waals surface area contributed by atoms with Gasteiger partial charge in [-0.3, -0.25) is 0 Å². The highest BCUT2D eigenvalue weighted by Crippen LogP contribution is 2.29. The molecule has 15 heavy (non-hydrogen) atoms. The summed E-state index contributed by atoms with van der Waals surface area (Å²) in [6.45, 7) is 1.92. The SMILES string of the molecule is Cc1ccsc1-c1nc(Cl)c(F)c(Cl)n1. The lowest BCUT2D eigenvalue weighted by Crippen LogP contribution is -1.94. The maximum absolute atomic E-state index is 13.1. The monoisotopic (exact) mass is 262 g/mol. The van der Waals surface area contributed by atoms with Crippen molar-refractivity contribution >= 4 is 34.5 Å². The Balaban J connectivity index is 2.60. The minimum Gasteiger partial charge on any atom is -0.212 e. The van der Waals surface area contributed by atoms with Crippen LogP contribution in [0.1, 0.15) is 5.56 Å². The van der Waals surface area contributed by atoms with Crippen LogP contribution in [-0.4, -0.2) is 9.97 Å². The van der Waals surface area contributed by atoms with Crippen LogP contribution in [0.15, 0.2) is 11.4 Å². The number of halogens is 3. The van der Waals surface area contributed by atoms with E-state index in [1.165, 1.54) is 11.3 Å². The lowest BCUT2D eigenvalue weighted by Gasteiger charge is -2.01.